The molecule has 0 aliphatic carbocycles. The van der Waals surface area contributed by atoms with Crippen molar-refractivity contribution in [2.45, 2.75) is 44.3 Å². The Morgan fingerprint density at radius 2 is 1.71 bits per heavy atom. The number of ether oxygens (including phenoxy) is 3. The number of thioether (sulfide) groups is 1. The SMILES string of the molecule is C=CCc1ccc(Oc2ccc(OCCCOc3cccc(C4(C)SC(=O)NC4=O)c3)c(CCC)c2)cc1. The van der Waals surface area contributed by atoms with Crippen LogP contribution in [0.3, 0.4) is 0 Å². The Labute approximate surface area is 228 Å². The highest BCUT2D eigenvalue weighted by molar-refractivity contribution is 8.15. The summed E-state index contributed by atoms with van der Waals surface area (Å²) in [5.41, 5.74) is 3.04. The Balaban J connectivity index is 1.29. The Hall–Kier alpha value is -3.71. The minimum absolute atomic E-state index is 0.307. The van der Waals surface area contributed by atoms with Gasteiger partial charge in [-0.25, -0.2) is 0 Å². The van der Waals surface area contributed by atoms with Crippen molar-refractivity contribution >= 4 is 22.9 Å². The smallest absolute Gasteiger partial charge is 0.287 e. The molecule has 1 fully saturated rings. The van der Waals surface area contributed by atoms with E-state index in [1.54, 1.807) is 6.92 Å². The molecule has 3 aromatic carbocycles. The fraction of sp³-hybridized carbons (Fsp3) is 0.290. The van der Waals surface area contributed by atoms with E-state index >= 15 is 0 Å². The predicted octanol–water partition coefficient (Wildman–Crippen LogP) is 7.21. The van der Waals surface area contributed by atoms with Crippen molar-refractivity contribution in [1.82, 2.24) is 5.32 Å². The van der Waals surface area contributed by atoms with Gasteiger partial charge in [0.15, 0.2) is 0 Å². The summed E-state index contributed by atoms with van der Waals surface area (Å²) in [5.74, 6) is 2.78. The van der Waals surface area contributed by atoms with Gasteiger partial charge in [-0.2, -0.15) is 0 Å². The lowest BCUT2D eigenvalue weighted by atomic mass is 9.99. The summed E-state index contributed by atoms with van der Waals surface area (Å²) < 4.78 is 17.1. The molecule has 0 saturated carbocycles. The lowest BCUT2D eigenvalue weighted by Crippen LogP contribution is -2.31. The Morgan fingerprint density at radius 3 is 2.42 bits per heavy atom. The van der Waals surface area contributed by atoms with Crippen molar-refractivity contribution in [2.75, 3.05) is 13.2 Å². The highest BCUT2D eigenvalue weighted by atomic mass is 32.2. The van der Waals surface area contributed by atoms with Gasteiger partial charge in [-0.05, 0) is 90.7 Å². The molecule has 0 spiro atoms. The molecule has 0 radical (unpaired) electrons. The van der Waals surface area contributed by atoms with Crippen molar-refractivity contribution in [2.24, 2.45) is 0 Å². The second kappa shape index (κ2) is 12.7. The number of carbonyl (C=O) groups excluding carboxylic acids is 2. The summed E-state index contributed by atoms with van der Waals surface area (Å²) in [7, 11) is 0. The second-order valence-electron chi connectivity index (χ2n) is 9.21. The average Bonchev–Trinajstić information content (AvgIpc) is 3.18. The normalized spacial score (nSPS) is 16.7. The van der Waals surface area contributed by atoms with E-state index in [1.165, 1.54) is 5.56 Å². The van der Waals surface area contributed by atoms with Crippen LogP contribution in [0.2, 0.25) is 0 Å². The Morgan fingerprint density at radius 1 is 0.947 bits per heavy atom. The van der Waals surface area contributed by atoms with E-state index < -0.39 is 4.75 Å². The van der Waals surface area contributed by atoms with E-state index in [9.17, 15) is 9.59 Å². The highest BCUT2D eigenvalue weighted by Gasteiger charge is 2.45. The fourth-order valence-corrected chi connectivity index (χ4v) is 5.10. The fourth-order valence-electron chi connectivity index (χ4n) is 4.19. The molecule has 1 aliphatic heterocycles. The van der Waals surface area contributed by atoms with Gasteiger partial charge < -0.3 is 14.2 Å². The van der Waals surface area contributed by atoms with Crippen molar-refractivity contribution in [3.05, 3.63) is 96.1 Å². The summed E-state index contributed by atoms with van der Waals surface area (Å²) in [6, 6.07) is 21.3. The molecule has 1 atom stereocenters. The van der Waals surface area contributed by atoms with Crippen LogP contribution in [0.1, 0.15) is 43.4 Å². The molecule has 1 unspecified atom stereocenters. The van der Waals surface area contributed by atoms with Gasteiger partial charge in [0, 0.05) is 6.42 Å². The van der Waals surface area contributed by atoms with Crippen LogP contribution >= 0.6 is 11.8 Å². The van der Waals surface area contributed by atoms with Gasteiger partial charge in [0.1, 0.15) is 27.7 Å². The Bertz CT molecular complexity index is 1290. The zero-order valence-electron chi connectivity index (χ0n) is 21.8. The van der Waals surface area contributed by atoms with Crippen LogP contribution < -0.4 is 19.5 Å². The topological polar surface area (TPSA) is 73.9 Å². The first kappa shape index (κ1) is 27.3. The standard InChI is InChI=1S/C31H33NO5S/c1-4-8-22-12-14-25(15-13-22)37-27-16-17-28(23(20-27)9-5-2)36-19-7-18-35-26-11-6-10-24(21-26)31(3)29(33)32-30(34)38-31/h4,6,10-17,20-21H,1,5,7-9,18-19H2,2-3H3,(H,32,33,34). The monoisotopic (exact) mass is 531 g/mol. The molecular weight excluding hydrogens is 498 g/mol. The first-order valence-electron chi connectivity index (χ1n) is 12.8. The maximum absolute atomic E-state index is 12.3. The zero-order chi connectivity index (χ0) is 27.0. The number of amides is 2. The van der Waals surface area contributed by atoms with Gasteiger partial charge in [-0.3, -0.25) is 14.9 Å². The lowest BCUT2D eigenvalue weighted by Gasteiger charge is -2.19. The van der Waals surface area contributed by atoms with Crippen LogP contribution in [-0.4, -0.2) is 24.4 Å². The lowest BCUT2D eigenvalue weighted by molar-refractivity contribution is -0.121. The van der Waals surface area contributed by atoms with Crippen molar-refractivity contribution in [1.29, 1.82) is 0 Å². The number of hydrogen-bond acceptors (Lipinski definition) is 6. The zero-order valence-corrected chi connectivity index (χ0v) is 22.6. The van der Waals surface area contributed by atoms with E-state index in [0.717, 1.165) is 59.4 Å². The third-order valence-corrected chi connectivity index (χ3v) is 7.35. The number of benzene rings is 3. The van der Waals surface area contributed by atoms with E-state index in [1.807, 2.05) is 72.8 Å². The summed E-state index contributed by atoms with van der Waals surface area (Å²) in [6.45, 7) is 8.63. The Kier molecular flexibility index (Phi) is 9.13. The number of nitrogens with one attached hydrogen (secondary N) is 1. The largest absolute Gasteiger partial charge is 0.493 e. The van der Waals surface area contributed by atoms with Crippen molar-refractivity contribution in [3.63, 3.8) is 0 Å². The molecule has 6 nitrogen and oxygen atoms in total. The molecular formula is C31H33NO5S. The molecule has 1 aliphatic rings. The van der Waals surface area contributed by atoms with Gasteiger partial charge >= 0.3 is 0 Å². The van der Waals surface area contributed by atoms with Crippen LogP contribution in [0.25, 0.3) is 0 Å². The number of hydrogen-bond donors (Lipinski definition) is 1. The van der Waals surface area contributed by atoms with E-state index in [2.05, 4.69) is 18.8 Å². The molecule has 7 heteroatoms. The molecule has 1 N–H and O–H groups in total. The number of rotatable bonds is 13. The maximum atomic E-state index is 12.3. The van der Waals surface area contributed by atoms with Crippen LogP contribution in [-0.2, 0) is 22.4 Å². The van der Waals surface area contributed by atoms with E-state index in [4.69, 9.17) is 14.2 Å². The molecule has 1 heterocycles. The third-order valence-electron chi connectivity index (χ3n) is 6.24. The average molecular weight is 532 g/mol. The molecule has 0 aromatic heterocycles. The molecule has 38 heavy (non-hydrogen) atoms. The number of aryl methyl sites for hydroxylation is 1. The van der Waals surface area contributed by atoms with E-state index in [-0.39, 0.29) is 11.1 Å². The summed E-state index contributed by atoms with van der Waals surface area (Å²) in [6.07, 6.45) is 5.30. The van der Waals surface area contributed by atoms with Crippen molar-refractivity contribution in [3.8, 4) is 23.0 Å². The van der Waals surface area contributed by atoms with Gasteiger partial charge in [0.05, 0.1) is 13.2 Å². The van der Waals surface area contributed by atoms with E-state index in [0.29, 0.717) is 25.4 Å². The van der Waals surface area contributed by atoms with Crippen LogP contribution in [0, 0.1) is 0 Å². The van der Waals surface area contributed by atoms with Gasteiger partial charge in [0.25, 0.3) is 5.24 Å². The number of imide groups is 1. The van der Waals surface area contributed by atoms with Gasteiger partial charge in [0.2, 0.25) is 5.91 Å². The predicted molar refractivity (Wildman–Crippen MR) is 151 cm³/mol. The summed E-state index contributed by atoms with van der Waals surface area (Å²) >= 11 is 0.989. The number of carbonyl (C=O) groups is 2. The molecule has 2 amide bonds. The molecule has 3 aromatic rings. The summed E-state index contributed by atoms with van der Waals surface area (Å²) in [5, 5.41) is 2.02. The first-order chi connectivity index (χ1) is 18.4. The third kappa shape index (κ3) is 6.78. The van der Waals surface area contributed by atoms with Gasteiger partial charge in [-0.1, -0.05) is 43.7 Å². The molecule has 4 rings (SSSR count). The minimum atomic E-state index is -0.944. The van der Waals surface area contributed by atoms with Crippen LogP contribution in [0.5, 0.6) is 23.0 Å². The quantitative estimate of drug-likeness (QED) is 0.186. The second-order valence-corrected chi connectivity index (χ2v) is 10.6. The van der Waals surface area contributed by atoms with Crippen molar-refractivity contribution < 1.29 is 23.8 Å². The van der Waals surface area contributed by atoms with Crippen LogP contribution in [0.4, 0.5) is 4.79 Å². The van der Waals surface area contributed by atoms with Crippen LogP contribution in [0.15, 0.2) is 79.4 Å². The number of allylic oxidation sites excluding steroid dienone is 1. The summed E-state index contributed by atoms with van der Waals surface area (Å²) in [4.78, 5) is 23.9. The molecule has 1 saturated heterocycles. The minimum Gasteiger partial charge on any atom is -0.493 e. The highest BCUT2D eigenvalue weighted by Crippen LogP contribution is 2.41. The molecule has 0 bridgehead atoms. The first-order valence-corrected chi connectivity index (χ1v) is 13.6. The molecule has 198 valence electrons. The van der Waals surface area contributed by atoms with Gasteiger partial charge in [-0.15, -0.1) is 6.58 Å². The maximum Gasteiger partial charge on any atom is 0.287 e.